The molecule has 0 aliphatic carbocycles. The highest BCUT2D eigenvalue weighted by molar-refractivity contribution is 7.90. The van der Waals surface area contributed by atoms with Crippen molar-refractivity contribution in [2.24, 2.45) is 4.99 Å². The maximum atomic E-state index is 12.8. The number of hydrogen-bond acceptors (Lipinski definition) is 6. The number of nitrogens with zero attached hydrogens (tertiary/aromatic N) is 1. The summed E-state index contributed by atoms with van der Waals surface area (Å²) in [7, 11) is -3.80. The summed E-state index contributed by atoms with van der Waals surface area (Å²) in [6, 6.07) is 18.5. The molecule has 2 heterocycles. The standard InChI is InChI=1S/C24H25N3O5S/c28-24(22-14-13-20(32-22)17-31-19-9-3-1-4-10-19)26-18-8-7-11-21(16-18)33(29,30)27-23-12-5-2-6-15-25-23/h1,3-4,7-11,13-14,16H,2,5-6,12,15,17H2,(H,25,27)(H,26,28). The van der Waals surface area contributed by atoms with E-state index in [4.69, 9.17) is 9.15 Å². The topological polar surface area (TPSA) is 110 Å². The number of aliphatic imine (C=N–C) groups is 1. The van der Waals surface area contributed by atoms with Crippen molar-refractivity contribution in [3.05, 3.63) is 78.3 Å². The molecule has 1 aliphatic heterocycles. The number of amides is 1. The van der Waals surface area contributed by atoms with Crippen LogP contribution in [0.2, 0.25) is 0 Å². The van der Waals surface area contributed by atoms with Crippen molar-refractivity contribution in [2.45, 2.75) is 37.2 Å². The zero-order valence-corrected chi connectivity index (χ0v) is 18.8. The zero-order chi connectivity index (χ0) is 23.1. The first-order valence-corrected chi connectivity index (χ1v) is 12.2. The van der Waals surface area contributed by atoms with Gasteiger partial charge in [0.2, 0.25) is 0 Å². The Balaban J connectivity index is 1.39. The van der Waals surface area contributed by atoms with Gasteiger partial charge in [0.15, 0.2) is 5.76 Å². The predicted molar refractivity (Wildman–Crippen MR) is 125 cm³/mol. The van der Waals surface area contributed by atoms with Gasteiger partial charge in [0, 0.05) is 18.7 Å². The molecule has 2 aromatic carbocycles. The molecule has 2 N–H and O–H groups in total. The second-order valence-corrected chi connectivity index (χ2v) is 9.28. The average molecular weight is 468 g/mol. The monoisotopic (exact) mass is 467 g/mol. The summed E-state index contributed by atoms with van der Waals surface area (Å²) in [6.07, 6.45) is 3.49. The first-order valence-electron chi connectivity index (χ1n) is 10.7. The quantitative estimate of drug-likeness (QED) is 0.536. The van der Waals surface area contributed by atoms with Crippen molar-refractivity contribution in [1.29, 1.82) is 0 Å². The van der Waals surface area contributed by atoms with Crippen LogP contribution in [-0.4, -0.2) is 26.7 Å². The van der Waals surface area contributed by atoms with E-state index in [9.17, 15) is 13.2 Å². The summed E-state index contributed by atoms with van der Waals surface area (Å²) in [5.74, 6) is 1.27. The number of sulfonamides is 1. The van der Waals surface area contributed by atoms with Gasteiger partial charge in [-0.25, -0.2) is 8.42 Å². The van der Waals surface area contributed by atoms with E-state index in [1.807, 2.05) is 30.3 Å². The van der Waals surface area contributed by atoms with Gasteiger partial charge in [-0.3, -0.25) is 14.5 Å². The third kappa shape index (κ3) is 6.23. The van der Waals surface area contributed by atoms with Crippen molar-refractivity contribution >= 4 is 27.5 Å². The molecular formula is C24H25N3O5S. The lowest BCUT2D eigenvalue weighted by atomic mass is 10.2. The highest BCUT2D eigenvalue weighted by atomic mass is 32.2. The van der Waals surface area contributed by atoms with Crippen molar-refractivity contribution in [1.82, 2.24) is 4.72 Å². The molecule has 0 atom stereocenters. The number of rotatable bonds is 7. The van der Waals surface area contributed by atoms with Gasteiger partial charge >= 0.3 is 0 Å². The number of amidine groups is 1. The number of carbonyl (C=O) groups excluding carboxylic acids is 1. The van der Waals surface area contributed by atoms with Crippen LogP contribution in [0.4, 0.5) is 5.69 Å². The maximum Gasteiger partial charge on any atom is 0.291 e. The third-order valence-electron chi connectivity index (χ3n) is 5.04. The molecule has 0 unspecified atom stereocenters. The summed E-state index contributed by atoms with van der Waals surface area (Å²) in [5.41, 5.74) is 0.337. The minimum Gasteiger partial charge on any atom is -0.486 e. The molecule has 0 saturated heterocycles. The summed E-state index contributed by atoms with van der Waals surface area (Å²) in [5, 5.41) is 2.68. The molecule has 0 radical (unpaired) electrons. The second kappa shape index (κ2) is 10.4. The van der Waals surface area contributed by atoms with Gasteiger partial charge in [0.1, 0.15) is 24.0 Å². The lowest BCUT2D eigenvalue weighted by Crippen LogP contribution is -2.30. The first kappa shape index (κ1) is 22.6. The zero-order valence-electron chi connectivity index (χ0n) is 18.0. The molecule has 4 rings (SSSR count). The molecule has 0 saturated carbocycles. The Kier molecular flexibility index (Phi) is 7.09. The number of anilines is 1. The number of furan rings is 1. The van der Waals surface area contributed by atoms with Crippen LogP contribution in [0.1, 0.15) is 42.0 Å². The van der Waals surface area contributed by atoms with Crippen LogP contribution >= 0.6 is 0 Å². The Bertz CT molecular complexity index is 1240. The molecular weight excluding hydrogens is 442 g/mol. The van der Waals surface area contributed by atoms with Crippen LogP contribution in [-0.2, 0) is 16.6 Å². The number of ether oxygens (including phenoxy) is 1. The highest BCUT2D eigenvalue weighted by Gasteiger charge is 2.19. The molecule has 172 valence electrons. The maximum absolute atomic E-state index is 12.8. The summed E-state index contributed by atoms with van der Waals surface area (Å²) < 4.78 is 39.3. The number of benzene rings is 2. The van der Waals surface area contributed by atoms with Crippen molar-refractivity contribution in [2.75, 3.05) is 11.9 Å². The molecule has 33 heavy (non-hydrogen) atoms. The number of hydrogen-bond donors (Lipinski definition) is 2. The minimum absolute atomic E-state index is 0.0450. The SMILES string of the molecule is O=C(Nc1cccc(S(=O)(=O)NC2=NCCCCC2)c1)c1ccc(COc2ccccc2)o1. The number of para-hydroxylation sites is 1. The van der Waals surface area contributed by atoms with Crippen LogP contribution in [0, 0.1) is 0 Å². The molecule has 1 aliphatic rings. The molecule has 8 nitrogen and oxygen atoms in total. The smallest absolute Gasteiger partial charge is 0.291 e. The second-order valence-electron chi connectivity index (χ2n) is 7.59. The van der Waals surface area contributed by atoms with E-state index in [1.54, 1.807) is 24.3 Å². The van der Waals surface area contributed by atoms with Crippen LogP contribution in [0.5, 0.6) is 5.75 Å². The largest absolute Gasteiger partial charge is 0.486 e. The highest BCUT2D eigenvalue weighted by Crippen LogP contribution is 2.19. The molecule has 0 bridgehead atoms. The van der Waals surface area contributed by atoms with E-state index in [-0.39, 0.29) is 17.3 Å². The van der Waals surface area contributed by atoms with E-state index in [2.05, 4.69) is 15.0 Å². The summed E-state index contributed by atoms with van der Waals surface area (Å²) >= 11 is 0. The van der Waals surface area contributed by atoms with Gasteiger partial charge in [-0.2, -0.15) is 0 Å². The van der Waals surface area contributed by atoms with Crippen molar-refractivity contribution in [3.8, 4) is 5.75 Å². The van der Waals surface area contributed by atoms with Crippen LogP contribution < -0.4 is 14.8 Å². The Morgan fingerprint density at radius 2 is 1.85 bits per heavy atom. The van der Waals surface area contributed by atoms with Gasteiger partial charge in [-0.05, 0) is 55.3 Å². The van der Waals surface area contributed by atoms with Crippen LogP contribution in [0.3, 0.4) is 0 Å². The Morgan fingerprint density at radius 3 is 2.70 bits per heavy atom. The van der Waals surface area contributed by atoms with Gasteiger partial charge in [0.05, 0.1) is 4.90 Å². The minimum atomic E-state index is -3.80. The number of carbonyl (C=O) groups is 1. The van der Waals surface area contributed by atoms with E-state index >= 15 is 0 Å². The predicted octanol–water partition coefficient (Wildman–Crippen LogP) is 4.36. The molecule has 1 amide bonds. The van der Waals surface area contributed by atoms with E-state index in [0.29, 0.717) is 36.0 Å². The van der Waals surface area contributed by atoms with Crippen LogP contribution in [0.25, 0.3) is 0 Å². The van der Waals surface area contributed by atoms with E-state index < -0.39 is 15.9 Å². The van der Waals surface area contributed by atoms with Gasteiger partial charge in [0.25, 0.3) is 15.9 Å². The summed E-state index contributed by atoms with van der Waals surface area (Å²) in [4.78, 5) is 16.9. The normalized spacial score (nSPS) is 14.1. The fourth-order valence-corrected chi connectivity index (χ4v) is 4.49. The Labute approximate surface area is 192 Å². The molecule has 0 spiro atoms. The van der Waals surface area contributed by atoms with Gasteiger partial charge in [-0.1, -0.05) is 30.7 Å². The van der Waals surface area contributed by atoms with Crippen molar-refractivity contribution < 1.29 is 22.4 Å². The number of nitrogens with one attached hydrogen (secondary N) is 2. The molecule has 0 fully saturated rings. The fourth-order valence-electron chi connectivity index (χ4n) is 3.35. The fraction of sp³-hybridized carbons (Fsp3) is 0.250. The lowest BCUT2D eigenvalue weighted by molar-refractivity contribution is 0.0992. The van der Waals surface area contributed by atoms with E-state index in [1.165, 1.54) is 12.1 Å². The third-order valence-corrected chi connectivity index (χ3v) is 6.42. The average Bonchev–Trinajstić information content (AvgIpc) is 3.16. The first-order chi connectivity index (χ1) is 16.0. The van der Waals surface area contributed by atoms with E-state index in [0.717, 1.165) is 19.3 Å². The molecule has 9 heteroatoms. The summed E-state index contributed by atoms with van der Waals surface area (Å²) in [6.45, 7) is 0.802. The molecule has 1 aromatic heterocycles. The Hall–Kier alpha value is -3.59. The molecule has 3 aromatic rings. The van der Waals surface area contributed by atoms with Crippen molar-refractivity contribution in [3.63, 3.8) is 0 Å². The van der Waals surface area contributed by atoms with Crippen LogP contribution in [0.15, 0.2) is 81.0 Å². The van der Waals surface area contributed by atoms with Gasteiger partial charge < -0.3 is 14.5 Å². The Morgan fingerprint density at radius 1 is 1.00 bits per heavy atom. The van der Waals surface area contributed by atoms with Gasteiger partial charge in [-0.15, -0.1) is 0 Å². The lowest BCUT2D eigenvalue weighted by Gasteiger charge is -2.11.